The third-order valence-corrected chi connectivity index (χ3v) is 7.53. The van der Waals surface area contributed by atoms with Gasteiger partial charge in [-0.05, 0) is 84.7 Å². The van der Waals surface area contributed by atoms with Crippen LogP contribution in [0.5, 0.6) is 0 Å². The molecule has 1 atom stereocenters. The molecule has 3 nitrogen and oxygen atoms in total. The molecule has 0 radical (unpaired) electrons. The van der Waals surface area contributed by atoms with E-state index in [-0.39, 0.29) is 5.91 Å². The Kier molecular flexibility index (Phi) is 8.92. The molecular formula is C30H42N2OS. The maximum absolute atomic E-state index is 13.5. The highest BCUT2D eigenvalue weighted by Crippen LogP contribution is 2.30. The van der Waals surface area contributed by atoms with Crippen molar-refractivity contribution in [3.05, 3.63) is 71.1 Å². The number of aryl methyl sites for hydroxylation is 2. The highest BCUT2D eigenvalue weighted by Gasteiger charge is 2.27. The lowest BCUT2D eigenvalue weighted by Gasteiger charge is -2.29. The standard InChI is InChI=1S/C30H42N2OS/c1-8-10-24(12-11-22(3)34-7)26-20-28-29(33)32(18-17-31(28)21-26)27-14-13-25(23(9-2)19-27)15-16-30(4,5)6/h10-14,19-22H,8-9,15-18H2,1-7H3/b12-11-,24-10+. The zero-order chi connectivity index (χ0) is 24.9. The van der Waals surface area contributed by atoms with Crippen molar-refractivity contribution in [1.29, 1.82) is 0 Å². The molecule has 0 fully saturated rings. The first-order chi connectivity index (χ1) is 16.2. The highest BCUT2D eigenvalue weighted by molar-refractivity contribution is 7.99. The van der Waals surface area contributed by atoms with E-state index in [1.54, 1.807) is 0 Å². The van der Waals surface area contributed by atoms with E-state index < -0.39 is 0 Å². The van der Waals surface area contributed by atoms with Crippen molar-refractivity contribution in [1.82, 2.24) is 4.57 Å². The van der Waals surface area contributed by atoms with E-state index >= 15 is 0 Å². The maximum Gasteiger partial charge on any atom is 0.274 e. The average Bonchev–Trinajstić information content (AvgIpc) is 3.25. The van der Waals surface area contributed by atoms with Gasteiger partial charge in [-0.3, -0.25) is 4.79 Å². The predicted octanol–water partition coefficient (Wildman–Crippen LogP) is 7.79. The molecule has 0 spiro atoms. The lowest BCUT2D eigenvalue weighted by atomic mass is 9.87. The first-order valence-electron chi connectivity index (χ1n) is 12.7. The van der Waals surface area contributed by atoms with Crippen LogP contribution in [0, 0.1) is 5.41 Å². The molecule has 1 unspecified atom stereocenters. The topological polar surface area (TPSA) is 25.2 Å². The van der Waals surface area contributed by atoms with E-state index in [4.69, 9.17) is 0 Å². The van der Waals surface area contributed by atoms with Crippen LogP contribution in [0.25, 0.3) is 5.57 Å². The van der Waals surface area contributed by atoms with E-state index in [9.17, 15) is 4.79 Å². The Hall–Kier alpha value is -2.20. The minimum absolute atomic E-state index is 0.0966. The van der Waals surface area contributed by atoms with Crippen molar-refractivity contribution in [2.75, 3.05) is 17.7 Å². The van der Waals surface area contributed by atoms with Crippen LogP contribution in [0.3, 0.4) is 0 Å². The first kappa shape index (κ1) is 26.4. The number of amides is 1. The minimum Gasteiger partial charge on any atom is -0.341 e. The Balaban J connectivity index is 1.85. The Bertz CT molecular complexity index is 1050. The zero-order valence-electron chi connectivity index (χ0n) is 22.1. The van der Waals surface area contributed by atoms with Crippen molar-refractivity contribution < 1.29 is 4.79 Å². The molecule has 0 bridgehead atoms. The summed E-state index contributed by atoms with van der Waals surface area (Å²) in [6.07, 6.45) is 15.2. The number of thioether (sulfide) groups is 1. The van der Waals surface area contributed by atoms with Gasteiger partial charge in [-0.2, -0.15) is 11.8 Å². The molecule has 1 aromatic carbocycles. The lowest BCUT2D eigenvalue weighted by molar-refractivity contribution is 0.0965. The molecule has 4 heteroatoms. The summed E-state index contributed by atoms with van der Waals surface area (Å²) in [4.78, 5) is 15.5. The number of hydrogen-bond acceptors (Lipinski definition) is 2. The van der Waals surface area contributed by atoms with Gasteiger partial charge in [0.25, 0.3) is 5.91 Å². The largest absolute Gasteiger partial charge is 0.341 e. The number of rotatable bonds is 9. The summed E-state index contributed by atoms with van der Waals surface area (Å²) in [5, 5.41) is 0.466. The van der Waals surface area contributed by atoms with Gasteiger partial charge in [0.2, 0.25) is 0 Å². The first-order valence-corrected chi connectivity index (χ1v) is 14.0. The summed E-state index contributed by atoms with van der Waals surface area (Å²) in [6, 6.07) is 8.70. The normalized spacial score (nSPS) is 15.8. The third kappa shape index (κ3) is 6.47. The van der Waals surface area contributed by atoms with Crippen LogP contribution in [0.15, 0.2) is 48.7 Å². The van der Waals surface area contributed by atoms with E-state index in [2.05, 4.69) is 101 Å². The summed E-state index contributed by atoms with van der Waals surface area (Å²) >= 11 is 1.83. The van der Waals surface area contributed by atoms with Crippen LogP contribution >= 0.6 is 11.8 Å². The Morgan fingerprint density at radius 2 is 1.91 bits per heavy atom. The highest BCUT2D eigenvalue weighted by atomic mass is 32.2. The smallest absolute Gasteiger partial charge is 0.274 e. The number of aromatic nitrogens is 1. The molecule has 0 saturated carbocycles. The van der Waals surface area contributed by atoms with E-state index in [0.717, 1.165) is 49.2 Å². The molecule has 1 aliphatic rings. The molecule has 0 saturated heterocycles. The Morgan fingerprint density at radius 1 is 1.15 bits per heavy atom. The molecule has 2 aromatic rings. The minimum atomic E-state index is 0.0966. The number of hydrogen-bond donors (Lipinski definition) is 0. The number of carbonyl (C=O) groups is 1. The zero-order valence-corrected chi connectivity index (χ0v) is 23.0. The number of nitrogens with zero attached hydrogens (tertiary/aromatic N) is 2. The van der Waals surface area contributed by atoms with Crippen LogP contribution in [0.1, 0.15) is 81.6 Å². The van der Waals surface area contributed by atoms with Crippen molar-refractivity contribution in [2.24, 2.45) is 5.41 Å². The monoisotopic (exact) mass is 478 g/mol. The van der Waals surface area contributed by atoms with Crippen molar-refractivity contribution in [3.8, 4) is 0 Å². The van der Waals surface area contributed by atoms with Crippen LogP contribution in [0.4, 0.5) is 5.69 Å². The van der Waals surface area contributed by atoms with E-state index in [1.165, 1.54) is 16.7 Å². The second kappa shape index (κ2) is 11.5. The second-order valence-electron chi connectivity index (χ2n) is 10.5. The van der Waals surface area contributed by atoms with Crippen molar-refractivity contribution in [3.63, 3.8) is 0 Å². The Morgan fingerprint density at radius 3 is 2.56 bits per heavy atom. The molecule has 3 rings (SSSR count). The molecule has 1 aliphatic heterocycles. The van der Waals surface area contributed by atoms with Crippen LogP contribution < -0.4 is 4.90 Å². The fraction of sp³-hybridized carbons (Fsp3) is 0.500. The molecule has 0 aliphatic carbocycles. The third-order valence-electron chi connectivity index (χ3n) is 6.63. The van der Waals surface area contributed by atoms with Gasteiger partial charge in [-0.15, -0.1) is 0 Å². The number of fused-ring (bicyclic) bond motifs is 1. The SMILES string of the molecule is CC/C=C(\C=C/C(C)SC)c1cc2n(c1)CCN(c1ccc(CCC(C)(C)C)c(CC)c1)C2=O. The Labute approximate surface area is 211 Å². The molecule has 34 heavy (non-hydrogen) atoms. The molecule has 0 N–H and O–H groups in total. The number of benzene rings is 1. The summed E-state index contributed by atoms with van der Waals surface area (Å²) in [7, 11) is 0. The fourth-order valence-corrected chi connectivity index (χ4v) is 4.64. The fourth-order valence-electron chi connectivity index (χ4n) is 4.41. The van der Waals surface area contributed by atoms with Gasteiger partial charge < -0.3 is 9.47 Å². The molecule has 2 heterocycles. The lowest BCUT2D eigenvalue weighted by Crippen LogP contribution is -2.40. The summed E-state index contributed by atoms with van der Waals surface area (Å²) in [5.41, 5.74) is 7.22. The molecule has 1 aromatic heterocycles. The molecule has 1 amide bonds. The van der Waals surface area contributed by atoms with Crippen LogP contribution in [-0.4, -0.2) is 28.5 Å². The van der Waals surface area contributed by atoms with Gasteiger partial charge in [0, 0.05) is 30.2 Å². The second-order valence-corrected chi connectivity index (χ2v) is 11.7. The quantitative estimate of drug-likeness (QED) is 0.344. The molecular weight excluding hydrogens is 436 g/mol. The van der Waals surface area contributed by atoms with E-state index in [1.807, 2.05) is 16.7 Å². The van der Waals surface area contributed by atoms with Gasteiger partial charge in [0.15, 0.2) is 0 Å². The van der Waals surface area contributed by atoms with Crippen LogP contribution in [-0.2, 0) is 19.4 Å². The number of carbonyl (C=O) groups excluding carboxylic acids is 1. The van der Waals surface area contributed by atoms with Crippen molar-refractivity contribution in [2.45, 2.75) is 79.0 Å². The summed E-state index contributed by atoms with van der Waals surface area (Å²) < 4.78 is 2.13. The van der Waals surface area contributed by atoms with Gasteiger partial charge in [0.1, 0.15) is 5.69 Å². The maximum atomic E-state index is 13.5. The van der Waals surface area contributed by atoms with Gasteiger partial charge in [-0.25, -0.2) is 0 Å². The molecule has 184 valence electrons. The summed E-state index contributed by atoms with van der Waals surface area (Å²) in [5.74, 6) is 0.0966. The average molecular weight is 479 g/mol. The van der Waals surface area contributed by atoms with Gasteiger partial charge in [0.05, 0.1) is 0 Å². The van der Waals surface area contributed by atoms with E-state index in [0.29, 0.717) is 17.2 Å². The van der Waals surface area contributed by atoms with Gasteiger partial charge >= 0.3 is 0 Å². The van der Waals surface area contributed by atoms with Crippen LogP contribution in [0.2, 0.25) is 0 Å². The number of anilines is 1. The number of allylic oxidation sites excluding steroid dienone is 3. The summed E-state index contributed by atoms with van der Waals surface area (Å²) in [6.45, 7) is 15.0. The van der Waals surface area contributed by atoms with Gasteiger partial charge in [-0.1, -0.05) is 58.9 Å². The predicted molar refractivity (Wildman–Crippen MR) is 150 cm³/mol. The van der Waals surface area contributed by atoms with Crippen molar-refractivity contribution >= 4 is 28.9 Å².